The highest BCUT2D eigenvalue weighted by Crippen LogP contribution is 2.19. The summed E-state index contributed by atoms with van der Waals surface area (Å²) >= 11 is 0. The van der Waals surface area contributed by atoms with E-state index in [1.165, 1.54) is 11.6 Å². The van der Waals surface area contributed by atoms with Crippen LogP contribution in [0.1, 0.15) is 16.7 Å². The van der Waals surface area contributed by atoms with Gasteiger partial charge in [-0.3, -0.25) is 0 Å². The molecule has 0 atom stereocenters. The van der Waals surface area contributed by atoms with E-state index in [1.54, 1.807) is 6.07 Å². The Hall–Kier alpha value is -2.75. The summed E-state index contributed by atoms with van der Waals surface area (Å²) in [5.41, 5.74) is 3.09. The fourth-order valence-corrected chi connectivity index (χ4v) is 2.15. The van der Waals surface area contributed by atoms with Crippen LogP contribution in [-0.4, -0.2) is 24.3 Å². The second-order valence-corrected chi connectivity index (χ2v) is 5.21. The third-order valence-electron chi connectivity index (χ3n) is 3.22. The van der Waals surface area contributed by atoms with E-state index in [9.17, 15) is 4.79 Å². The monoisotopic (exact) mass is 312 g/mol. The van der Waals surface area contributed by atoms with Gasteiger partial charge in [0, 0.05) is 6.08 Å². The van der Waals surface area contributed by atoms with Crippen LogP contribution in [0, 0.1) is 13.8 Å². The lowest BCUT2D eigenvalue weighted by Gasteiger charge is -2.11. The van der Waals surface area contributed by atoms with Gasteiger partial charge in [-0.15, -0.1) is 0 Å². The summed E-state index contributed by atoms with van der Waals surface area (Å²) < 4.78 is 11.3. The van der Waals surface area contributed by atoms with Crippen molar-refractivity contribution in [1.29, 1.82) is 0 Å². The largest absolute Gasteiger partial charge is 0.490 e. The molecule has 2 rings (SSSR count). The zero-order chi connectivity index (χ0) is 16.7. The quantitative estimate of drug-likeness (QED) is 0.623. The van der Waals surface area contributed by atoms with Crippen molar-refractivity contribution in [2.75, 3.05) is 13.2 Å². The molecule has 1 N–H and O–H groups in total. The van der Waals surface area contributed by atoms with Gasteiger partial charge in [0.2, 0.25) is 0 Å². The van der Waals surface area contributed by atoms with Gasteiger partial charge in [0.25, 0.3) is 0 Å². The van der Waals surface area contributed by atoms with E-state index in [0.717, 1.165) is 23.0 Å². The predicted molar refractivity (Wildman–Crippen MR) is 90.0 cm³/mol. The van der Waals surface area contributed by atoms with Crippen molar-refractivity contribution in [3.63, 3.8) is 0 Å². The van der Waals surface area contributed by atoms with Crippen LogP contribution in [0.4, 0.5) is 0 Å². The molecule has 0 amide bonds. The molecule has 23 heavy (non-hydrogen) atoms. The van der Waals surface area contributed by atoms with Gasteiger partial charge in [0.15, 0.2) is 0 Å². The maximum absolute atomic E-state index is 10.5. The zero-order valence-corrected chi connectivity index (χ0v) is 13.3. The highest BCUT2D eigenvalue weighted by Gasteiger charge is 2.00. The van der Waals surface area contributed by atoms with Gasteiger partial charge in [-0.05, 0) is 49.2 Å². The zero-order valence-electron chi connectivity index (χ0n) is 13.3. The topological polar surface area (TPSA) is 55.8 Å². The van der Waals surface area contributed by atoms with Crippen LogP contribution in [-0.2, 0) is 4.79 Å². The van der Waals surface area contributed by atoms with Gasteiger partial charge in [-0.25, -0.2) is 4.79 Å². The molecule has 0 radical (unpaired) electrons. The first-order valence-electron chi connectivity index (χ1n) is 7.38. The van der Waals surface area contributed by atoms with Crippen LogP contribution in [0.2, 0.25) is 0 Å². The molecule has 0 aromatic heterocycles. The summed E-state index contributed by atoms with van der Waals surface area (Å²) in [6.07, 6.45) is 2.63. The van der Waals surface area contributed by atoms with Crippen LogP contribution in [0.5, 0.6) is 11.5 Å². The summed E-state index contributed by atoms with van der Waals surface area (Å²) in [6.45, 7) is 4.92. The van der Waals surface area contributed by atoms with E-state index in [2.05, 4.69) is 6.07 Å². The number of carboxylic acids is 1. The second kappa shape index (κ2) is 8.03. The molecule has 0 aliphatic carbocycles. The van der Waals surface area contributed by atoms with Crippen molar-refractivity contribution in [2.24, 2.45) is 0 Å². The maximum Gasteiger partial charge on any atom is 0.328 e. The Labute approximate surface area is 136 Å². The third-order valence-corrected chi connectivity index (χ3v) is 3.22. The molecule has 0 unspecified atom stereocenters. The minimum atomic E-state index is -0.974. The number of aryl methyl sites for hydroxylation is 2. The Morgan fingerprint density at radius 2 is 1.87 bits per heavy atom. The van der Waals surface area contributed by atoms with Crippen LogP contribution < -0.4 is 9.47 Å². The lowest BCUT2D eigenvalue weighted by Crippen LogP contribution is -2.09. The summed E-state index contributed by atoms with van der Waals surface area (Å²) in [4.78, 5) is 10.5. The molecule has 0 aliphatic rings. The normalized spacial score (nSPS) is 10.7. The first kappa shape index (κ1) is 16.6. The Kier molecular flexibility index (Phi) is 5.80. The Bertz CT molecular complexity index is 704. The van der Waals surface area contributed by atoms with Gasteiger partial charge < -0.3 is 14.6 Å². The van der Waals surface area contributed by atoms with E-state index in [4.69, 9.17) is 14.6 Å². The minimum absolute atomic E-state index is 0.416. The molecule has 4 nitrogen and oxygen atoms in total. The lowest BCUT2D eigenvalue weighted by molar-refractivity contribution is -0.131. The minimum Gasteiger partial charge on any atom is -0.490 e. The number of benzene rings is 2. The number of rotatable bonds is 7. The van der Waals surface area contributed by atoms with Gasteiger partial charge in [-0.2, -0.15) is 0 Å². The number of aliphatic carboxylic acids is 1. The van der Waals surface area contributed by atoms with Crippen LogP contribution >= 0.6 is 0 Å². The molecule has 2 aromatic rings. The molecular formula is C19H20O4. The molecule has 0 saturated heterocycles. The lowest BCUT2D eigenvalue weighted by atomic mass is 10.1. The molecule has 0 fully saturated rings. The van der Waals surface area contributed by atoms with Crippen LogP contribution in [0.25, 0.3) is 6.08 Å². The van der Waals surface area contributed by atoms with Crippen LogP contribution in [0.3, 0.4) is 0 Å². The van der Waals surface area contributed by atoms with E-state index >= 15 is 0 Å². The summed E-state index contributed by atoms with van der Waals surface area (Å²) in [5.74, 6) is 0.567. The first-order chi connectivity index (χ1) is 11.0. The maximum atomic E-state index is 10.5. The van der Waals surface area contributed by atoms with E-state index in [1.807, 2.05) is 44.2 Å². The Morgan fingerprint density at radius 1 is 1.09 bits per heavy atom. The molecule has 0 saturated carbocycles. The number of ether oxygens (including phenoxy) is 2. The van der Waals surface area contributed by atoms with Gasteiger partial charge in [-0.1, -0.05) is 29.8 Å². The van der Waals surface area contributed by atoms with Gasteiger partial charge >= 0.3 is 5.97 Å². The fraction of sp³-hybridized carbons (Fsp3) is 0.211. The average Bonchev–Trinajstić information content (AvgIpc) is 2.51. The van der Waals surface area contributed by atoms with Crippen molar-refractivity contribution < 1.29 is 19.4 Å². The molecule has 0 spiro atoms. The molecule has 120 valence electrons. The Morgan fingerprint density at radius 3 is 2.61 bits per heavy atom. The first-order valence-corrected chi connectivity index (χ1v) is 7.38. The van der Waals surface area contributed by atoms with Crippen molar-refractivity contribution in [1.82, 2.24) is 0 Å². The highest BCUT2D eigenvalue weighted by atomic mass is 16.5. The van der Waals surface area contributed by atoms with Crippen molar-refractivity contribution in [2.45, 2.75) is 13.8 Å². The van der Waals surface area contributed by atoms with E-state index in [0.29, 0.717) is 19.0 Å². The smallest absolute Gasteiger partial charge is 0.328 e. The van der Waals surface area contributed by atoms with Crippen LogP contribution in [0.15, 0.2) is 48.5 Å². The second-order valence-electron chi connectivity index (χ2n) is 5.21. The fourth-order valence-electron chi connectivity index (χ4n) is 2.15. The van der Waals surface area contributed by atoms with Crippen molar-refractivity contribution in [3.8, 4) is 11.5 Å². The molecule has 2 aromatic carbocycles. The molecule has 0 bridgehead atoms. The van der Waals surface area contributed by atoms with E-state index < -0.39 is 5.97 Å². The van der Waals surface area contributed by atoms with E-state index in [-0.39, 0.29) is 0 Å². The van der Waals surface area contributed by atoms with Crippen molar-refractivity contribution in [3.05, 3.63) is 65.2 Å². The Balaban J connectivity index is 1.84. The number of hydrogen-bond donors (Lipinski definition) is 1. The number of carbonyl (C=O) groups is 1. The highest BCUT2D eigenvalue weighted by molar-refractivity contribution is 5.85. The predicted octanol–water partition coefficient (Wildman–Crippen LogP) is 3.86. The molecule has 4 heteroatoms. The summed E-state index contributed by atoms with van der Waals surface area (Å²) in [5, 5.41) is 8.63. The molecule has 0 aliphatic heterocycles. The summed E-state index contributed by atoms with van der Waals surface area (Å²) in [6, 6.07) is 13.3. The molecule has 0 heterocycles. The SMILES string of the molecule is Cc1ccc(OCCOc2cccc(C=CC(=O)O)c2)c(C)c1. The third kappa shape index (κ3) is 5.51. The van der Waals surface area contributed by atoms with Gasteiger partial charge in [0.05, 0.1) is 0 Å². The number of carboxylic acid groups (broad SMARTS) is 1. The number of hydrogen-bond acceptors (Lipinski definition) is 3. The van der Waals surface area contributed by atoms with Crippen molar-refractivity contribution >= 4 is 12.0 Å². The van der Waals surface area contributed by atoms with Gasteiger partial charge in [0.1, 0.15) is 24.7 Å². The molecular weight excluding hydrogens is 292 g/mol. The summed E-state index contributed by atoms with van der Waals surface area (Å²) in [7, 11) is 0. The average molecular weight is 312 g/mol. The standard InChI is InChI=1S/C19H20O4/c1-14-6-8-18(15(2)12-14)23-11-10-22-17-5-3-4-16(13-17)7-9-19(20)21/h3-9,12-13H,10-11H2,1-2H3,(H,20,21).